The molecule has 5 rings (SSSR count). The van der Waals surface area contributed by atoms with Crippen molar-refractivity contribution in [3.63, 3.8) is 0 Å². The zero-order valence-electron chi connectivity index (χ0n) is 12.3. The lowest BCUT2D eigenvalue weighted by atomic mass is 9.78. The van der Waals surface area contributed by atoms with Gasteiger partial charge in [-0.3, -0.25) is 0 Å². The molecular formula is C16H20N4O. The van der Waals surface area contributed by atoms with Gasteiger partial charge in [0.05, 0.1) is 18.0 Å². The molecule has 2 aromatic rings. The smallest absolute Gasteiger partial charge is 0.143 e. The minimum atomic E-state index is 0.114. The second-order valence-electron chi connectivity index (χ2n) is 6.76. The summed E-state index contributed by atoms with van der Waals surface area (Å²) in [6, 6.07) is 2.61. The number of nitrogens with zero attached hydrogens (tertiary/aromatic N) is 3. The Morgan fingerprint density at radius 2 is 2.29 bits per heavy atom. The highest BCUT2D eigenvalue weighted by atomic mass is 16.5. The van der Waals surface area contributed by atoms with Gasteiger partial charge in [0.15, 0.2) is 0 Å². The molecule has 3 fully saturated rings. The summed E-state index contributed by atoms with van der Waals surface area (Å²) in [4.78, 5) is 14.9. The van der Waals surface area contributed by atoms with Gasteiger partial charge in [-0.1, -0.05) is 0 Å². The van der Waals surface area contributed by atoms with Crippen molar-refractivity contribution in [3.8, 4) is 0 Å². The van der Waals surface area contributed by atoms with Gasteiger partial charge < -0.3 is 14.6 Å². The largest absolute Gasteiger partial charge is 0.371 e. The Morgan fingerprint density at radius 1 is 1.38 bits per heavy atom. The summed E-state index contributed by atoms with van der Waals surface area (Å²) in [7, 11) is 0. The minimum absolute atomic E-state index is 0.114. The number of H-pyrrole nitrogens is 1. The lowest BCUT2D eigenvalue weighted by molar-refractivity contribution is -0.0620. The van der Waals surface area contributed by atoms with E-state index >= 15 is 0 Å². The summed E-state index contributed by atoms with van der Waals surface area (Å²) >= 11 is 0. The van der Waals surface area contributed by atoms with E-state index in [2.05, 4.69) is 20.9 Å². The van der Waals surface area contributed by atoms with Crippen LogP contribution in [-0.4, -0.2) is 39.7 Å². The van der Waals surface area contributed by atoms with Crippen molar-refractivity contribution in [2.24, 2.45) is 5.92 Å². The molecule has 3 aliphatic rings. The van der Waals surface area contributed by atoms with Gasteiger partial charge in [-0.05, 0) is 44.6 Å². The van der Waals surface area contributed by atoms with Crippen molar-refractivity contribution in [1.29, 1.82) is 0 Å². The number of aromatic amines is 1. The molecule has 1 aliphatic carbocycles. The lowest BCUT2D eigenvalue weighted by Gasteiger charge is -2.56. The second kappa shape index (κ2) is 3.97. The Bertz CT molecular complexity index is 699. The van der Waals surface area contributed by atoms with E-state index in [0.29, 0.717) is 6.04 Å². The molecule has 0 radical (unpaired) electrons. The topological polar surface area (TPSA) is 54.0 Å². The standard InChI is InChI=1S/C16H20N4O/c1-10-18-14-12(5-7-17-14)15(19-10)20-9-16(6-2-8-21-16)13(20)11-3-4-11/h5,7,11,13H,2-4,6,8-9H2,1H3,(H,17,18,19). The highest BCUT2D eigenvalue weighted by Gasteiger charge is 2.60. The first-order valence-corrected chi connectivity index (χ1v) is 7.99. The molecule has 2 unspecified atom stereocenters. The highest BCUT2D eigenvalue weighted by Crippen LogP contribution is 2.53. The van der Waals surface area contributed by atoms with Crippen LogP contribution < -0.4 is 4.90 Å². The maximum atomic E-state index is 6.17. The first kappa shape index (κ1) is 12.0. The van der Waals surface area contributed by atoms with Crippen LogP contribution >= 0.6 is 0 Å². The number of hydrogen-bond donors (Lipinski definition) is 1. The van der Waals surface area contributed by atoms with Crippen molar-refractivity contribution in [2.45, 2.75) is 44.2 Å². The van der Waals surface area contributed by atoms with Crippen molar-refractivity contribution < 1.29 is 4.74 Å². The molecule has 21 heavy (non-hydrogen) atoms. The normalized spacial score (nSPS) is 32.0. The van der Waals surface area contributed by atoms with Crippen LogP contribution in [0.4, 0.5) is 5.82 Å². The molecule has 2 saturated heterocycles. The first-order chi connectivity index (χ1) is 10.3. The van der Waals surface area contributed by atoms with Gasteiger partial charge in [0, 0.05) is 12.8 Å². The zero-order chi connectivity index (χ0) is 14.0. The third kappa shape index (κ3) is 1.61. The third-order valence-electron chi connectivity index (χ3n) is 5.29. The van der Waals surface area contributed by atoms with Gasteiger partial charge in [0.1, 0.15) is 22.9 Å². The predicted octanol–water partition coefficient (Wildman–Crippen LogP) is 2.41. The molecule has 5 heteroatoms. The van der Waals surface area contributed by atoms with E-state index in [9.17, 15) is 0 Å². The number of hydrogen-bond acceptors (Lipinski definition) is 4. The molecule has 5 nitrogen and oxygen atoms in total. The molecule has 1 saturated carbocycles. The van der Waals surface area contributed by atoms with Crippen molar-refractivity contribution >= 4 is 16.9 Å². The van der Waals surface area contributed by atoms with Crippen LogP contribution in [0.15, 0.2) is 12.3 Å². The van der Waals surface area contributed by atoms with Gasteiger partial charge in [0.25, 0.3) is 0 Å². The summed E-state index contributed by atoms with van der Waals surface area (Å²) in [6.07, 6.45) is 7.06. The molecular weight excluding hydrogens is 264 g/mol. The number of rotatable bonds is 2. The average molecular weight is 284 g/mol. The molecule has 0 bridgehead atoms. The number of anilines is 1. The molecule has 0 aromatic carbocycles. The Balaban J connectivity index is 1.58. The number of aromatic nitrogens is 3. The third-order valence-corrected chi connectivity index (χ3v) is 5.29. The molecule has 110 valence electrons. The minimum Gasteiger partial charge on any atom is -0.371 e. The SMILES string of the molecule is Cc1nc(N2CC3(CCCO3)C2C2CC2)c2cc[nH]c2n1. The summed E-state index contributed by atoms with van der Waals surface area (Å²) in [6.45, 7) is 3.89. The molecule has 1 N–H and O–H groups in total. The fraction of sp³-hybridized carbons (Fsp3) is 0.625. The Kier molecular flexibility index (Phi) is 2.27. The number of fused-ring (bicyclic) bond motifs is 1. The van der Waals surface area contributed by atoms with Gasteiger partial charge in [0.2, 0.25) is 0 Å². The summed E-state index contributed by atoms with van der Waals surface area (Å²) in [5.74, 6) is 2.72. The highest BCUT2D eigenvalue weighted by molar-refractivity contribution is 5.88. The van der Waals surface area contributed by atoms with Crippen LogP contribution in [0.25, 0.3) is 11.0 Å². The predicted molar refractivity (Wildman–Crippen MR) is 80.4 cm³/mol. The van der Waals surface area contributed by atoms with Gasteiger partial charge in [-0.15, -0.1) is 0 Å². The monoisotopic (exact) mass is 284 g/mol. The molecule has 4 heterocycles. The number of nitrogens with one attached hydrogen (secondary N) is 1. The van der Waals surface area contributed by atoms with Crippen molar-refractivity contribution in [2.75, 3.05) is 18.1 Å². The van der Waals surface area contributed by atoms with E-state index in [1.807, 2.05) is 13.1 Å². The average Bonchev–Trinajstić information content (AvgIpc) is 2.96. The van der Waals surface area contributed by atoms with Crippen LogP contribution in [0, 0.1) is 12.8 Å². The van der Waals surface area contributed by atoms with Crippen molar-refractivity contribution in [3.05, 3.63) is 18.1 Å². The maximum Gasteiger partial charge on any atom is 0.143 e. The molecule has 0 amide bonds. The maximum absolute atomic E-state index is 6.17. The fourth-order valence-corrected chi connectivity index (χ4v) is 4.28. The van der Waals surface area contributed by atoms with E-state index in [4.69, 9.17) is 9.72 Å². The number of aryl methyl sites for hydroxylation is 1. The van der Waals surface area contributed by atoms with Crippen molar-refractivity contribution in [1.82, 2.24) is 15.0 Å². The lowest BCUT2D eigenvalue weighted by Crippen LogP contribution is -2.71. The van der Waals surface area contributed by atoms with E-state index in [1.165, 1.54) is 25.7 Å². The number of ether oxygens (including phenoxy) is 1. The first-order valence-electron chi connectivity index (χ1n) is 7.99. The summed E-state index contributed by atoms with van der Waals surface area (Å²) < 4.78 is 6.17. The van der Waals surface area contributed by atoms with Gasteiger partial charge in [-0.2, -0.15) is 0 Å². The summed E-state index contributed by atoms with van der Waals surface area (Å²) in [5.41, 5.74) is 1.06. The van der Waals surface area contributed by atoms with Crippen LogP contribution in [-0.2, 0) is 4.74 Å². The quantitative estimate of drug-likeness (QED) is 0.920. The van der Waals surface area contributed by atoms with Crippen LogP contribution in [0.5, 0.6) is 0 Å². The Labute approximate surface area is 123 Å². The molecule has 2 aliphatic heterocycles. The summed E-state index contributed by atoms with van der Waals surface area (Å²) in [5, 5.41) is 1.14. The van der Waals surface area contributed by atoms with Crippen LogP contribution in [0.1, 0.15) is 31.5 Å². The fourth-order valence-electron chi connectivity index (χ4n) is 4.28. The van der Waals surface area contributed by atoms with E-state index in [0.717, 1.165) is 41.7 Å². The van der Waals surface area contributed by atoms with E-state index in [1.54, 1.807) is 0 Å². The molecule has 2 aromatic heterocycles. The molecule has 2 atom stereocenters. The Morgan fingerprint density at radius 3 is 3.05 bits per heavy atom. The van der Waals surface area contributed by atoms with Crippen LogP contribution in [0.3, 0.4) is 0 Å². The van der Waals surface area contributed by atoms with Gasteiger partial charge >= 0.3 is 0 Å². The zero-order valence-corrected chi connectivity index (χ0v) is 12.3. The van der Waals surface area contributed by atoms with E-state index < -0.39 is 0 Å². The van der Waals surface area contributed by atoms with E-state index in [-0.39, 0.29) is 5.60 Å². The second-order valence-corrected chi connectivity index (χ2v) is 6.76. The van der Waals surface area contributed by atoms with Crippen LogP contribution in [0.2, 0.25) is 0 Å². The van der Waals surface area contributed by atoms with Gasteiger partial charge in [-0.25, -0.2) is 9.97 Å². The molecule has 1 spiro atoms. The Hall–Kier alpha value is -1.62.